The van der Waals surface area contributed by atoms with Crippen LogP contribution in [0.15, 0.2) is 42.0 Å². The molecule has 1 saturated heterocycles. The largest absolute Gasteiger partial charge is 0.507 e. The van der Waals surface area contributed by atoms with Gasteiger partial charge in [0.25, 0.3) is 11.7 Å². The number of rotatable bonds is 7. The van der Waals surface area contributed by atoms with E-state index in [4.69, 9.17) is 21.1 Å². The summed E-state index contributed by atoms with van der Waals surface area (Å²) in [5.74, 6) is -1.47. The van der Waals surface area contributed by atoms with Crippen LogP contribution in [0.25, 0.3) is 5.76 Å². The molecule has 0 saturated carbocycles. The second-order valence-corrected chi connectivity index (χ2v) is 7.98. The van der Waals surface area contributed by atoms with Crippen molar-refractivity contribution in [1.82, 2.24) is 9.80 Å². The molecule has 1 fully saturated rings. The molecule has 0 aromatic heterocycles. The first-order chi connectivity index (χ1) is 15.2. The van der Waals surface area contributed by atoms with Crippen molar-refractivity contribution in [2.24, 2.45) is 0 Å². The molecule has 0 aliphatic carbocycles. The Hall–Kier alpha value is -3.23. The van der Waals surface area contributed by atoms with Crippen molar-refractivity contribution in [3.8, 4) is 17.2 Å². The van der Waals surface area contributed by atoms with Gasteiger partial charge in [-0.25, -0.2) is 0 Å². The minimum Gasteiger partial charge on any atom is -0.507 e. The van der Waals surface area contributed by atoms with Crippen molar-refractivity contribution >= 4 is 29.1 Å². The molecule has 1 aliphatic rings. The summed E-state index contributed by atoms with van der Waals surface area (Å²) in [6.45, 7) is 0.725. The van der Waals surface area contributed by atoms with Gasteiger partial charge in [-0.2, -0.15) is 0 Å². The molecule has 3 rings (SSSR count). The number of halogens is 1. The van der Waals surface area contributed by atoms with E-state index in [9.17, 15) is 19.8 Å². The molecule has 8 nitrogen and oxygen atoms in total. The van der Waals surface area contributed by atoms with E-state index in [0.29, 0.717) is 17.9 Å². The highest BCUT2D eigenvalue weighted by atomic mass is 35.5. The Labute approximate surface area is 191 Å². The number of phenols is 1. The van der Waals surface area contributed by atoms with Gasteiger partial charge in [0.1, 0.15) is 11.5 Å². The van der Waals surface area contributed by atoms with Gasteiger partial charge >= 0.3 is 0 Å². The lowest BCUT2D eigenvalue weighted by molar-refractivity contribution is -0.140. The molecule has 2 aromatic carbocycles. The van der Waals surface area contributed by atoms with Crippen molar-refractivity contribution in [2.75, 3.05) is 41.4 Å². The fraction of sp³-hybridized carbons (Fsp3) is 0.304. The minimum atomic E-state index is -0.922. The lowest BCUT2D eigenvalue weighted by Crippen LogP contribution is -2.35. The Bertz CT molecular complexity index is 1080. The molecule has 32 heavy (non-hydrogen) atoms. The molecule has 0 radical (unpaired) electrons. The van der Waals surface area contributed by atoms with Gasteiger partial charge in [-0.05, 0) is 50.0 Å². The Balaban J connectivity index is 2.22. The number of hydrogen-bond acceptors (Lipinski definition) is 7. The van der Waals surface area contributed by atoms with Gasteiger partial charge in [0.2, 0.25) is 0 Å². The monoisotopic (exact) mass is 460 g/mol. The van der Waals surface area contributed by atoms with Crippen molar-refractivity contribution in [2.45, 2.75) is 6.04 Å². The topological polar surface area (TPSA) is 99.5 Å². The van der Waals surface area contributed by atoms with Gasteiger partial charge in [0.05, 0.1) is 30.9 Å². The van der Waals surface area contributed by atoms with Crippen LogP contribution in [0.2, 0.25) is 5.02 Å². The highest BCUT2D eigenvalue weighted by molar-refractivity contribution is 6.47. The molecule has 1 heterocycles. The number of likely N-dealkylation sites (tertiary alicyclic amines) is 1. The lowest BCUT2D eigenvalue weighted by atomic mass is 9.95. The van der Waals surface area contributed by atoms with Crippen LogP contribution in [0, 0.1) is 0 Å². The van der Waals surface area contributed by atoms with E-state index in [1.54, 1.807) is 12.1 Å². The number of Topliss-reactive ketones (excluding diaryl/α,β-unsaturated/α-hetero) is 1. The zero-order valence-electron chi connectivity index (χ0n) is 18.3. The first kappa shape index (κ1) is 23.4. The first-order valence-corrected chi connectivity index (χ1v) is 10.2. The summed E-state index contributed by atoms with van der Waals surface area (Å²) in [5.41, 5.74) is 0.495. The molecule has 1 amide bonds. The normalized spacial score (nSPS) is 17.8. The number of aliphatic hydroxyl groups is 1. The Morgan fingerprint density at radius 3 is 2.44 bits per heavy atom. The molecule has 9 heteroatoms. The first-order valence-electron chi connectivity index (χ1n) is 9.83. The third kappa shape index (κ3) is 4.37. The number of phenolic OH excluding ortho intramolecular Hbond substituents is 1. The number of benzene rings is 2. The van der Waals surface area contributed by atoms with Crippen LogP contribution in [-0.2, 0) is 9.59 Å². The standard InChI is InChI=1S/C23H25ClN2O6/c1-25(2)9-10-26-20(13-5-8-18(32-4)17(27)11-13)19(22(29)23(26)30)21(28)15-12-14(31-3)6-7-16(15)24/h5-8,11-12,20,27-28H,9-10H2,1-4H3/b21-19+. The van der Waals surface area contributed by atoms with E-state index in [-0.39, 0.29) is 34.2 Å². The number of methoxy groups -OCH3 is 2. The molecule has 2 aromatic rings. The van der Waals surface area contributed by atoms with Crippen LogP contribution in [0.1, 0.15) is 17.2 Å². The zero-order chi connectivity index (χ0) is 23.6. The summed E-state index contributed by atoms with van der Waals surface area (Å²) < 4.78 is 10.3. The van der Waals surface area contributed by atoms with E-state index in [1.165, 1.54) is 43.4 Å². The summed E-state index contributed by atoms with van der Waals surface area (Å²) in [4.78, 5) is 29.2. The van der Waals surface area contributed by atoms with E-state index in [2.05, 4.69) is 0 Å². The van der Waals surface area contributed by atoms with Crippen LogP contribution < -0.4 is 9.47 Å². The molecule has 1 aliphatic heterocycles. The van der Waals surface area contributed by atoms with Crippen LogP contribution >= 0.6 is 11.6 Å². The smallest absolute Gasteiger partial charge is 0.295 e. The van der Waals surface area contributed by atoms with Crippen LogP contribution in [0.4, 0.5) is 0 Å². The number of likely N-dealkylation sites (N-methyl/N-ethyl adjacent to an activating group) is 1. The minimum absolute atomic E-state index is 0.117. The summed E-state index contributed by atoms with van der Waals surface area (Å²) in [6, 6.07) is 8.31. The number of ketones is 1. The molecular weight excluding hydrogens is 436 g/mol. The summed E-state index contributed by atoms with van der Waals surface area (Å²) in [6.07, 6.45) is 0. The Kier molecular flexibility index (Phi) is 6.96. The second-order valence-electron chi connectivity index (χ2n) is 7.57. The van der Waals surface area contributed by atoms with Crippen molar-refractivity contribution in [3.63, 3.8) is 0 Å². The van der Waals surface area contributed by atoms with Gasteiger partial charge in [-0.3, -0.25) is 9.59 Å². The predicted octanol–water partition coefficient (Wildman–Crippen LogP) is 3.05. The molecular formula is C23H25ClN2O6. The number of aliphatic hydroxyl groups excluding tert-OH is 1. The number of nitrogens with zero attached hydrogens (tertiary/aromatic N) is 2. The Morgan fingerprint density at radius 1 is 1.12 bits per heavy atom. The van der Waals surface area contributed by atoms with Gasteiger partial charge in [0, 0.05) is 18.7 Å². The fourth-order valence-corrected chi connectivity index (χ4v) is 3.81. The number of hydrogen-bond donors (Lipinski definition) is 2. The van der Waals surface area contributed by atoms with E-state index >= 15 is 0 Å². The number of carbonyl (C=O) groups excluding carboxylic acids is 2. The molecule has 0 bridgehead atoms. The number of carbonyl (C=O) groups is 2. The van der Waals surface area contributed by atoms with Crippen LogP contribution in [0.3, 0.4) is 0 Å². The van der Waals surface area contributed by atoms with E-state index in [0.717, 1.165) is 0 Å². The maximum absolute atomic E-state index is 13.0. The number of aromatic hydroxyl groups is 1. The van der Waals surface area contributed by atoms with Gasteiger partial charge < -0.3 is 29.5 Å². The third-order valence-electron chi connectivity index (χ3n) is 5.28. The fourth-order valence-electron chi connectivity index (χ4n) is 3.60. The quantitative estimate of drug-likeness (QED) is 0.372. The van der Waals surface area contributed by atoms with Gasteiger partial charge in [-0.1, -0.05) is 17.7 Å². The maximum atomic E-state index is 13.0. The van der Waals surface area contributed by atoms with Crippen molar-refractivity contribution in [1.29, 1.82) is 0 Å². The highest BCUT2D eigenvalue weighted by Gasteiger charge is 2.46. The third-order valence-corrected chi connectivity index (χ3v) is 5.60. The summed E-state index contributed by atoms with van der Waals surface area (Å²) in [7, 11) is 6.58. The molecule has 170 valence electrons. The molecule has 1 unspecified atom stereocenters. The molecule has 1 atom stereocenters. The lowest BCUT2D eigenvalue weighted by Gasteiger charge is -2.27. The average Bonchev–Trinajstić information content (AvgIpc) is 3.02. The summed E-state index contributed by atoms with van der Waals surface area (Å²) >= 11 is 6.29. The van der Waals surface area contributed by atoms with Crippen molar-refractivity contribution in [3.05, 3.63) is 58.1 Å². The number of ether oxygens (including phenoxy) is 2. The van der Waals surface area contributed by atoms with Gasteiger partial charge in [0.15, 0.2) is 11.5 Å². The predicted molar refractivity (Wildman–Crippen MR) is 120 cm³/mol. The zero-order valence-corrected chi connectivity index (χ0v) is 19.0. The van der Waals surface area contributed by atoms with Crippen LogP contribution in [0.5, 0.6) is 17.2 Å². The van der Waals surface area contributed by atoms with Crippen molar-refractivity contribution < 1.29 is 29.3 Å². The van der Waals surface area contributed by atoms with E-state index in [1.807, 2.05) is 19.0 Å². The second kappa shape index (κ2) is 9.50. The average molecular weight is 461 g/mol. The number of amides is 1. The highest BCUT2D eigenvalue weighted by Crippen LogP contribution is 2.42. The SMILES string of the molecule is COc1ccc(Cl)c(/C(O)=C2\C(=O)C(=O)N(CCN(C)C)C2c2ccc(OC)c(O)c2)c1. The summed E-state index contributed by atoms with van der Waals surface area (Å²) in [5, 5.41) is 21.6. The molecule has 2 N–H and O–H groups in total. The van der Waals surface area contributed by atoms with E-state index < -0.39 is 23.5 Å². The Morgan fingerprint density at radius 2 is 1.84 bits per heavy atom. The van der Waals surface area contributed by atoms with Crippen LogP contribution in [-0.4, -0.2) is 73.1 Å². The molecule has 0 spiro atoms. The maximum Gasteiger partial charge on any atom is 0.295 e. The van der Waals surface area contributed by atoms with Gasteiger partial charge in [-0.15, -0.1) is 0 Å².